The van der Waals surface area contributed by atoms with Crippen molar-refractivity contribution in [3.8, 4) is 34.8 Å². The van der Waals surface area contributed by atoms with E-state index in [1.165, 1.54) is 12.2 Å². The largest absolute Gasteiger partial charge is 0.496 e. The summed E-state index contributed by atoms with van der Waals surface area (Å²) in [5.74, 6) is 1.81. The van der Waals surface area contributed by atoms with Gasteiger partial charge in [0.1, 0.15) is 23.1 Å². The molecule has 7 rings (SSSR count). The standard InChI is InChI=1S/C20H17ClN4O.C17H22BNO2.C9H7BrClN3O/c1-11-9-13(5-4-8-22)10-12(2)16(11)14-6-7-15(26-3)17-18(14)24-20(21)25-19(17)23;1-12-10-14(8-7-9-19)11-13(2)15(12)18-20-16(3,4)17(5,6)21-18;1-15-5-3-2-4(10)7-6(5)8(12)14-9(11)13-7/h4-7,9-10H,1-3H3,(H2,23,24,25);7-8,10-11H,1-6H3;2-3H,1H3,(H2,12,13,14)/b5-4+;8-7+;. The third kappa shape index (κ3) is 10.1. The number of halogens is 3. The Hall–Kier alpha value is -5.74. The van der Waals surface area contributed by atoms with Crippen molar-refractivity contribution < 1.29 is 18.8 Å². The monoisotopic (exact) mass is 934 g/mol. The number of hydrogen-bond donors (Lipinski definition) is 2. The molecule has 0 unspecified atom stereocenters. The minimum absolute atomic E-state index is 0.0911. The number of allylic oxidation sites excluding steroid dienone is 2. The Labute approximate surface area is 380 Å². The number of benzene rings is 4. The Morgan fingerprint density at radius 3 is 1.55 bits per heavy atom. The number of nitrogens with two attached hydrogens (primary N) is 2. The summed E-state index contributed by atoms with van der Waals surface area (Å²) in [6, 6.07) is 19.6. The molecule has 4 N–H and O–H groups in total. The molecular formula is C46H46BBrCl2N8O4. The third-order valence-corrected chi connectivity index (χ3v) is 11.6. The summed E-state index contributed by atoms with van der Waals surface area (Å²) < 4.78 is 23.7. The lowest BCUT2D eigenvalue weighted by molar-refractivity contribution is 0.00578. The van der Waals surface area contributed by atoms with Crippen LogP contribution in [0.3, 0.4) is 0 Å². The number of aryl methyl sites for hydroxylation is 4. The summed E-state index contributed by atoms with van der Waals surface area (Å²) in [4.78, 5) is 16.4. The van der Waals surface area contributed by atoms with Crippen LogP contribution in [-0.2, 0) is 9.31 Å². The van der Waals surface area contributed by atoms with E-state index < -0.39 is 0 Å². The van der Waals surface area contributed by atoms with Crippen LogP contribution >= 0.6 is 39.1 Å². The van der Waals surface area contributed by atoms with Gasteiger partial charge in [0, 0.05) is 22.2 Å². The first-order chi connectivity index (χ1) is 29.3. The maximum absolute atomic E-state index is 8.73. The Morgan fingerprint density at radius 1 is 0.677 bits per heavy atom. The lowest BCUT2D eigenvalue weighted by atomic mass is 9.73. The Morgan fingerprint density at radius 2 is 1.10 bits per heavy atom. The second-order valence-electron chi connectivity index (χ2n) is 15.4. The van der Waals surface area contributed by atoms with Crippen LogP contribution < -0.4 is 26.4 Å². The van der Waals surface area contributed by atoms with E-state index in [2.05, 4.69) is 89.5 Å². The predicted molar refractivity (Wildman–Crippen MR) is 255 cm³/mol. The van der Waals surface area contributed by atoms with Gasteiger partial charge in [0.05, 0.1) is 59.4 Å². The zero-order valence-corrected chi connectivity index (χ0v) is 39.2. The molecule has 4 aromatic carbocycles. The number of ether oxygens (including phenoxy) is 2. The summed E-state index contributed by atoms with van der Waals surface area (Å²) in [7, 11) is 2.80. The highest BCUT2D eigenvalue weighted by Crippen LogP contribution is 2.40. The molecule has 62 heavy (non-hydrogen) atoms. The lowest BCUT2D eigenvalue weighted by Gasteiger charge is -2.32. The molecule has 3 heterocycles. The van der Waals surface area contributed by atoms with Crippen molar-refractivity contribution in [3.63, 3.8) is 0 Å². The first-order valence-corrected chi connectivity index (χ1v) is 20.8. The lowest BCUT2D eigenvalue weighted by Crippen LogP contribution is -2.41. The van der Waals surface area contributed by atoms with Gasteiger partial charge in [-0.15, -0.1) is 0 Å². The first-order valence-electron chi connectivity index (χ1n) is 19.2. The van der Waals surface area contributed by atoms with Crippen LogP contribution in [0.25, 0.3) is 45.1 Å². The summed E-state index contributed by atoms with van der Waals surface area (Å²) in [5.41, 5.74) is 21.8. The van der Waals surface area contributed by atoms with Crippen LogP contribution in [0.4, 0.5) is 11.6 Å². The normalized spacial score (nSPS) is 14.0. The first kappa shape index (κ1) is 47.3. The fourth-order valence-electron chi connectivity index (χ4n) is 7.15. The van der Waals surface area contributed by atoms with Gasteiger partial charge in [-0.1, -0.05) is 35.4 Å². The Balaban J connectivity index is 0.000000182. The molecule has 2 aromatic heterocycles. The minimum atomic E-state index is -0.344. The van der Waals surface area contributed by atoms with Gasteiger partial charge in [-0.2, -0.15) is 10.5 Å². The van der Waals surface area contributed by atoms with Crippen LogP contribution in [0.1, 0.15) is 61.1 Å². The van der Waals surface area contributed by atoms with E-state index in [1.54, 1.807) is 26.4 Å². The number of nitrogen functional groups attached to an aromatic ring is 2. The maximum Gasteiger partial charge on any atom is 0.495 e. The van der Waals surface area contributed by atoms with E-state index in [0.717, 1.165) is 54.4 Å². The van der Waals surface area contributed by atoms with Crippen molar-refractivity contribution in [2.45, 2.75) is 66.6 Å². The molecule has 0 spiro atoms. The van der Waals surface area contributed by atoms with Gasteiger partial charge >= 0.3 is 7.12 Å². The van der Waals surface area contributed by atoms with E-state index in [9.17, 15) is 0 Å². The second kappa shape index (κ2) is 19.5. The molecule has 0 atom stereocenters. The molecule has 1 fully saturated rings. The quantitative estimate of drug-likeness (QED) is 0.0915. The predicted octanol–water partition coefficient (Wildman–Crippen LogP) is 10.5. The van der Waals surface area contributed by atoms with Gasteiger partial charge in [0.15, 0.2) is 0 Å². The van der Waals surface area contributed by atoms with Crippen molar-refractivity contribution in [1.29, 1.82) is 10.5 Å². The number of anilines is 2. The highest BCUT2D eigenvalue weighted by molar-refractivity contribution is 9.10. The van der Waals surface area contributed by atoms with E-state index >= 15 is 0 Å². The second-order valence-corrected chi connectivity index (χ2v) is 16.9. The van der Waals surface area contributed by atoms with E-state index in [0.29, 0.717) is 39.1 Å². The molecule has 6 aromatic rings. The van der Waals surface area contributed by atoms with E-state index in [1.807, 2.05) is 62.4 Å². The topological polar surface area (TPSA) is 188 Å². The van der Waals surface area contributed by atoms with Crippen LogP contribution in [0, 0.1) is 50.4 Å². The molecule has 0 saturated carbocycles. The summed E-state index contributed by atoms with van der Waals surface area (Å²) in [6.45, 7) is 16.4. The third-order valence-electron chi connectivity index (χ3n) is 10.6. The number of aromatic nitrogens is 4. The molecule has 1 aliphatic rings. The number of nitriles is 2. The molecule has 318 valence electrons. The number of rotatable bonds is 6. The van der Waals surface area contributed by atoms with Gasteiger partial charge < -0.3 is 30.2 Å². The highest BCUT2D eigenvalue weighted by Gasteiger charge is 2.52. The minimum Gasteiger partial charge on any atom is -0.496 e. The van der Waals surface area contributed by atoms with E-state index in [4.69, 9.17) is 64.0 Å². The fourth-order valence-corrected chi connectivity index (χ4v) is 7.92. The fraction of sp³-hybridized carbons (Fsp3) is 0.261. The van der Waals surface area contributed by atoms with E-state index in [-0.39, 0.29) is 34.7 Å². The number of hydrogen-bond acceptors (Lipinski definition) is 12. The van der Waals surface area contributed by atoms with Crippen LogP contribution in [0.5, 0.6) is 11.5 Å². The van der Waals surface area contributed by atoms with Crippen molar-refractivity contribution in [3.05, 3.63) is 109 Å². The van der Waals surface area contributed by atoms with Crippen LogP contribution in [-0.4, -0.2) is 52.5 Å². The number of fused-ring (bicyclic) bond motifs is 2. The summed E-state index contributed by atoms with van der Waals surface area (Å²) >= 11 is 15.2. The molecule has 1 saturated heterocycles. The van der Waals surface area contributed by atoms with Crippen molar-refractivity contribution in [2.75, 3.05) is 25.7 Å². The van der Waals surface area contributed by atoms with Gasteiger partial charge in [0.2, 0.25) is 10.6 Å². The molecule has 16 heteroatoms. The Kier molecular flexibility index (Phi) is 14.9. The number of methoxy groups -OCH3 is 2. The zero-order chi connectivity index (χ0) is 45.7. The van der Waals surface area contributed by atoms with Crippen LogP contribution in [0.2, 0.25) is 10.6 Å². The van der Waals surface area contributed by atoms with Gasteiger partial charge in [-0.05, 0) is 164 Å². The Bertz CT molecular complexity index is 2780. The molecule has 1 aliphatic heterocycles. The van der Waals surface area contributed by atoms with Crippen molar-refractivity contribution >= 4 is 97.3 Å². The average Bonchev–Trinajstić information content (AvgIpc) is 3.41. The molecule has 0 radical (unpaired) electrons. The SMILES string of the molecule is COc1ccc(-c2c(C)cc(/C=C/C#N)cc2C)c2nc(Cl)nc(N)c12.COc1ccc(Br)c2nc(Cl)nc(N)c12.Cc1cc(/C=C/C#N)cc(C)c1B1OC(C)(C)C(C)(C)O1. The molecule has 0 aliphatic carbocycles. The van der Waals surface area contributed by atoms with Crippen molar-refractivity contribution in [1.82, 2.24) is 19.9 Å². The molecular weight excluding hydrogens is 890 g/mol. The summed E-state index contributed by atoms with van der Waals surface area (Å²) in [5, 5.41) is 18.9. The smallest absolute Gasteiger partial charge is 0.495 e. The highest BCUT2D eigenvalue weighted by atomic mass is 79.9. The molecule has 0 amide bonds. The summed E-state index contributed by atoms with van der Waals surface area (Å²) in [6.07, 6.45) is 6.55. The van der Waals surface area contributed by atoms with Gasteiger partial charge in [-0.25, -0.2) is 19.9 Å². The number of nitrogens with zero attached hydrogens (tertiary/aromatic N) is 6. The zero-order valence-electron chi connectivity index (χ0n) is 36.1. The van der Waals surface area contributed by atoms with Crippen LogP contribution in [0.15, 0.2) is 65.2 Å². The van der Waals surface area contributed by atoms with Gasteiger partial charge in [-0.3, -0.25) is 0 Å². The average molecular weight is 937 g/mol. The maximum atomic E-state index is 8.73. The molecule has 0 bridgehead atoms. The van der Waals surface area contributed by atoms with Gasteiger partial charge in [0.25, 0.3) is 0 Å². The van der Waals surface area contributed by atoms with Crippen molar-refractivity contribution in [2.24, 2.45) is 0 Å². The molecule has 12 nitrogen and oxygen atoms in total.